The second kappa shape index (κ2) is 7.31. The van der Waals surface area contributed by atoms with Crippen LogP contribution in [0.5, 0.6) is 0 Å². The maximum Gasteiger partial charge on any atom is 0.243 e. The Morgan fingerprint density at radius 2 is 1.73 bits per heavy atom. The minimum atomic E-state index is -3.81. The van der Waals surface area contributed by atoms with Gasteiger partial charge in [0.15, 0.2) is 9.84 Å². The predicted octanol–water partition coefficient (Wildman–Crippen LogP) is 3.20. The average Bonchev–Trinajstić information content (AvgIpc) is 2.76. The van der Waals surface area contributed by atoms with Crippen molar-refractivity contribution in [3.05, 3.63) is 64.7 Å². The summed E-state index contributed by atoms with van der Waals surface area (Å²) in [5.74, 6) is -0.203. The van der Waals surface area contributed by atoms with Crippen LogP contribution in [0.15, 0.2) is 53.4 Å². The number of hydrogen-bond acceptors (Lipinski definition) is 4. The van der Waals surface area contributed by atoms with Crippen molar-refractivity contribution in [2.45, 2.75) is 23.5 Å². The quantitative estimate of drug-likeness (QED) is 0.774. The molecule has 0 saturated carbocycles. The van der Waals surface area contributed by atoms with Crippen LogP contribution in [0.2, 0.25) is 5.02 Å². The Morgan fingerprint density at radius 1 is 1.04 bits per heavy atom. The SMILES string of the molecule is Cc1c(Cl)cccc1S(=O)(=O)N1CCC(c2ccccc2)S(=O)(=O)CC1. The monoisotopic (exact) mass is 413 g/mol. The van der Waals surface area contributed by atoms with Gasteiger partial charge in [0.2, 0.25) is 10.0 Å². The van der Waals surface area contributed by atoms with Gasteiger partial charge in [-0.05, 0) is 36.6 Å². The van der Waals surface area contributed by atoms with Gasteiger partial charge in [0.05, 0.1) is 15.9 Å². The summed E-state index contributed by atoms with van der Waals surface area (Å²) >= 11 is 6.06. The molecule has 1 aliphatic heterocycles. The number of sulfonamides is 1. The Balaban J connectivity index is 1.94. The zero-order valence-electron chi connectivity index (χ0n) is 14.3. The second-order valence-corrected chi connectivity index (χ2v) is 10.9. The molecular formula is C18H20ClNO4S2. The Hall–Kier alpha value is -1.41. The lowest BCUT2D eigenvalue weighted by molar-refractivity contribution is 0.427. The van der Waals surface area contributed by atoms with Gasteiger partial charge in [-0.1, -0.05) is 48.0 Å². The Bertz CT molecular complexity index is 1000. The van der Waals surface area contributed by atoms with Crippen molar-refractivity contribution in [3.8, 4) is 0 Å². The van der Waals surface area contributed by atoms with Crippen LogP contribution < -0.4 is 0 Å². The topological polar surface area (TPSA) is 71.5 Å². The molecule has 0 radical (unpaired) electrons. The highest BCUT2D eigenvalue weighted by atomic mass is 35.5. The Kier molecular flexibility index (Phi) is 5.44. The van der Waals surface area contributed by atoms with Crippen molar-refractivity contribution < 1.29 is 16.8 Å². The van der Waals surface area contributed by atoms with Gasteiger partial charge in [0, 0.05) is 18.1 Å². The van der Waals surface area contributed by atoms with Crippen LogP contribution in [0, 0.1) is 6.92 Å². The van der Waals surface area contributed by atoms with E-state index in [9.17, 15) is 16.8 Å². The average molecular weight is 414 g/mol. The highest BCUT2D eigenvalue weighted by Crippen LogP contribution is 2.32. The first kappa shape index (κ1) is 19.4. The molecule has 0 aliphatic carbocycles. The number of benzene rings is 2. The van der Waals surface area contributed by atoms with Crippen molar-refractivity contribution >= 4 is 31.5 Å². The summed E-state index contributed by atoms with van der Waals surface area (Å²) in [5.41, 5.74) is 1.17. The van der Waals surface area contributed by atoms with E-state index in [1.807, 2.05) is 6.07 Å². The largest absolute Gasteiger partial charge is 0.243 e. The van der Waals surface area contributed by atoms with Gasteiger partial charge in [-0.3, -0.25) is 0 Å². The summed E-state index contributed by atoms with van der Waals surface area (Å²) in [6.45, 7) is 1.74. The molecule has 8 heteroatoms. The molecule has 1 heterocycles. The predicted molar refractivity (Wildman–Crippen MR) is 103 cm³/mol. The van der Waals surface area contributed by atoms with Crippen molar-refractivity contribution in [1.29, 1.82) is 0 Å². The van der Waals surface area contributed by atoms with Gasteiger partial charge in [-0.15, -0.1) is 0 Å². The van der Waals surface area contributed by atoms with Crippen LogP contribution in [0.1, 0.15) is 22.8 Å². The molecule has 1 fully saturated rings. The van der Waals surface area contributed by atoms with E-state index in [1.54, 1.807) is 43.3 Å². The van der Waals surface area contributed by atoms with Crippen LogP contribution in [-0.4, -0.2) is 40.0 Å². The maximum atomic E-state index is 13.0. The van der Waals surface area contributed by atoms with Gasteiger partial charge in [-0.2, -0.15) is 4.31 Å². The molecule has 0 N–H and O–H groups in total. The van der Waals surface area contributed by atoms with E-state index in [4.69, 9.17) is 11.6 Å². The van der Waals surface area contributed by atoms with E-state index in [0.29, 0.717) is 16.1 Å². The van der Waals surface area contributed by atoms with Gasteiger partial charge in [0.25, 0.3) is 0 Å². The number of rotatable bonds is 3. The van der Waals surface area contributed by atoms with Crippen LogP contribution in [0.25, 0.3) is 0 Å². The van der Waals surface area contributed by atoms with E-state index in [1.165, 1.54) is 10.4 Å². The summed E-state index contributed by atoms with van der Waals surface area (Å²) < 4.78 is 52.7. The van der Waals surface area contributed by atoms with E-state index >= 15 is 0 Å². The molecule has 1 saturated heterocycles. The minimum absolute atomic E-state index is 0.0556. The van der Waals surface area contributed by atoms with E-state index in [-0.39, 0.29) is 30.2 Å². The van der Waals surface area contributed by atoms with Crippen molar-refractivity contribution in [2.24, 2.45) is 0 Å². The summed E-state index contributed by atoms with van der Waals surface area (Å²) in [5, 5.41) is -0.319. The molecular weight excluding hydrogens is 394 g/mol. The molecule has 140 valence electrons. The zero-order valence-corrected chi connectivity index (χ0v) is 16.7. The fourth-order valence-corrected chi connectivity index (χ4v) is 7.06. The highest BCUT2D eigenvalue weighted by molar-refractivity contribution is 7.92. The number of nitrogens with zero attached hydrogens (tertiary/aromatic N) is 1. The molecule has 0 aromatic heterocycles. The number of halogens is 1. The third kappa shape index (κ3) is 3.67. The van der Waals surface area contributed by atoms with Gasteiger partial charge >= 0.3 is 0 Å². The molecule has 3 rings (SSSR count). The standard InChI is InChI=1S/C18H20ClNO4S2/c1-14-16(19)8-5-9-17(14)26(23,24)20-11-10-18(25(21,22)13-12-20)15-6-3-2-4-7-15/h2-9,18H,10-13H2,1H3. The van der Waals surface area contributed by atoms with Crippen LogP contribution in [0.3, 0.4) is 0 Å². The normalized spacial score (nSPS) is 21.2. The van der Waals surface area contributed by atoms with E-state index in [2.05, 4.69) is 0 Å². The number of sulfone groups is 1. The first-order chi connectivity index (χ1) is 12.2. The second-order valence-electron chi connectivity index (χ2n) is 6.32. The molecule has 2 aromatic carbocycles. The molecule has 0 bridgehead atoms. The molecule has 1 aliphatic rings. The maximum absolute atomic E-state index is 13.0. The van der Waals surface area contributed by atoms with Gasteiger partial charge in [0.1, 0.15) is 0 Å². The van der Waals surface area contributed by atoms with Gasteiger partial charge in [-0.25, -0.2) is 16.8 Å². The molecule has 1 unspecified atom stereocenters. The fraction of sp³-hybridized carbons (Fsp3) is 0.333. The summed E-state index contributed by atoms with van der Waals surface area (Å²) in [6.07, 6.45) is 0.227. The molecule has 0 spiro atoms. The molecule has 2 aromatic rings. The van der Waals surface area contributed by atoms with Crippen LogP contribution in [-0.2, 0) is 19.9 Å². The Morgan fingerprint density at radius 3 is 2.42 bits per heavy atom. The van der Waals surface area contributed by atoms with Crippen molar-refractivity contribution in [3.63, 3.8) is 0 Å². The number of hydrogen-bond donors (Lipinski definition) is 0. The first-order valence-electron chi connectivity index (χ1n) is 8.25. The third-order valence-electron chi connectivity index (χ3n) is 4.71. The minimum Gasteiger partial charge on any atom is -0.228 e. The molecule has 26 heavy (non-hydrogen) atoms. The molecule has 0 amide bonds. The summed E-state index contributed by atoms with van der Waals surface area (Å²) in [7, 11) is -7.25. The van der Waals surface area contributed by atoms with Crippen molar-refractivity contribution in [1.82, 2.24) is 4.31 Å². The lowest BCUT2D eigenvalue weighted by Gasteiger charge is -2.21. The van der Waals surface area contributed by atoms with Gasteiger partial charge < -0.3 is 0 Å². The first-order valence-corrected chi connectivity index (χ1v) is 11.8. The summed E-state index contributed by atoms with van der Waals surface area (Å²) in [6, 6.07) is 13.7. The van der Waals surface area contributed by atoms with Crippen LogP contribution in [0.4, 0.5) is 0 Å². The smallest absolute Gasteiger partial charge is 0.228 e. The van der Waals surface area contributed by atoms with E-state index in [0.717, 1.165) is 0 Å². The van der Waals surface area contributed by atoms with Crippen molar-refractivity contribution in [2.75, 3.05) is 18.8 Å². The van der Waals surface area contributed by atoms with E-state index < -0.39 is 25.1 Å². The lowest BCUT2D eigenvalue weighted by atomic mass is 10.1. The zero-order chi connectivity index (χ0) is 18.9. The van der Waals surface area contributed by atoms with Crippen LogP contribution >= 0.6 is 11.6 Å². The highest BCUT2D eigenvalue weighted by Gasteiger charge is 2.36. The molecule has 1 atom stereocenters. The molecule has 5 nitrogen and oxygen atoms in total. The lowest BCUT2D eigenvalue weighted by Crippen LogP contribution is -2.34. The third-order valence-corrected chi connectivity index (χ3v) is 9.29. The fourth-order valence-electron chi connectivity index (χ4n) is 3.21. The summed E-state index contributed by atoms with van der Waals surface area (Å²) in [4.78, 5) is 0.126. The Labute approximate surface area is 159 Å².